The van der Waals surface area contributed by atoms with Gasteiger partial charge >= 0.3 is 0 Å². The molecule has 0 saturated heterocycles. The zero-order valence-electron chi connectivity index (χ0n) is 17.9. The van der Waals surface area contributed by atoms with E-state index in [0.29, 0.717) is 11.8 Å². The van der Waals surface area contributed by atoms with Gasteiger partial charge in [-0.15, -0.1) is 0 Å². The summed E-state index contributed by atoms with van der Waals surface area (Å²) in [5.74, 6) is 2.25. The first-order chi connectivity index (χ1) is 13.3. The minimum absolute atomic E-state index is 0.0650. The van der Waals surface area contributed by atoms with E-state index in [-0.39, 0.29) is 11.9 Å². The van der Waals surface area contributed by atoms with Crippen molar-refractivity contribution in [2.24, 2.45) is 5.92 Å². The highest BCUT2D eigenvalue weighted by Crippen LogP contribution is 2.27. The zero-order valence-corrected chi connectivity index (χ0v) is 17.9. The Balaban J connectivity index is 2.11. The molecule has 0 aliphatic rings. The van der Waals surface area contributed by atoms with E-state index in [1.54, 1.807) is 14.0 Å². The van der Waals surface area contributed by atoms with Gasteiger partial charge in [0, 0.05) is 0 Å². The number of carbonyl (C=O) groups is 1. The van der Waals surface area contributed by atoms with Gasteiger partial charge < -0.3 is 14.8 Å². The minimum atomic E-state index is -0.576. The van der Waals surface area contributed by atoms with Crippen molar-refractivity contribution < 1.29 is 14.3 Å². The summed E-state index contributed by atoms with van der Waals surface area (Å²) in [5.41, 5.74) is 2.17. The van der Waals surface area contributed by atoms with Gasteiger partial charge in [0.15, 0.2) is 6.10 Å². The predicted molar refractivity (Wildman–Crippen MR) is 114 cm³/mol. The molecule has 0 aliphatic carbocycles. The maximum absolute atomic E-state index is 12.9. The molecule has 0 aliphatic heterocycles. The highest BCUT2D eigenvalue weighted by Gasteiger charge is 2.22. The molecular weight excluding hydrogens is 350 g/mol. The monoisotopic (exact) mass is 383 g/mol. The number of benzene rings is 2. The minimum Gasteiger partial charge on any atom is -0.497 e. The third-order valence-corrected chi connectivity index (χ3v) is 4.76. The van der Waals surface area contributed by atoms with Crippen molar-refractivity contribution in [3.63, 3.8) is 0 Å². The van der Waals surface area contributed by atoms with Crippen molar-refractivity contribution in [2.45, 2.75) is 59.1 Å². The van der Waals surface area contributed by atoms with Crippen LogP contribution in [0.5, 0.6) is 11.5 Å². The molecule has 0 bridgehead atoms. The number of carbonyl (C=O) groups excluding carboxylic acids is 1. The van der Waals surface area contributed by atoms with E-state index in [0.717, 1.165) is 29.0 Å². The maximum Gasteiger partial charge on any atom is 0.261 e. The van der Waals surface area contributed by atoms with Crippen LogP contribution in [0.15, 0.2) is 48.5 Å². The van der Waals surface area contributed by atoms with Crippen LogP contribution >= 0.6 is 0 Å². The van der Waals surface area contributed by atoms with Crippen LogP contribution in [0.4, 0.5) is 0 Å². The van der Waals surface area contributed by atoms with Gasteiger partial charge in [-0.25, -0.2) is 0 Å². The van der Waals surface area contributed by atoms with Crippen LogP contribution in [-0.4, -0.2) is 19.1 Å². The first kappa shape index (κ1) is 21.8. The fourth-order valence-electron chi connectivity index (χ4n) is 3.18. The van der Waals surface area contributed by atoms with Gasteiger partial charge in [-0.3, -0.25) is 4.79 Å². The van der Waals surface area contributed by atoms with Crippen LogP contribution in [0.25, 0.3) is 0 Å². The van der Waals surface area contributed by atoms with Crippen LogP contribution in [-0.2, 0) is 4.79 Å². The fraction of sp³-hybridized carbons (Fsp3) is 0.458. The lowest BCUT2D eigenvalue weighted by atomic mass is 9.96. The largest absolute Gasteiger partial charge is 0.497 e. The SMILES string of the molecule is COc1ccc(C(CC(C)C)NC(=O)C(C)Oc2ccccc2C(C)C)cc1. The molecule has 4 heteroatoms. The average Bonchev–Trinajstić information content (AvgIpc) is 2.67. The first-order valence-corrected chi connectivity index (χ1v) is 10.0. The number of para-hydroxylation sites is 1. The number of hydrogen-bond acceptors (Lipinski definition) is 3. The van der Waals surface area contributed by atoms with Gasteiger partial charge in [0.05, 0.1) is 13.2 Å². The Kier molecular flexibility index (Phi) is 7.91. The van der Waals surface area contributed by atoms with E-state index in [4.69, 9.17) is 9.47 Å². The van der Waals surface area contributed by atoms with Gasteiger partial charge in [-0.1, -0.05) is 58.0 Å². The Morgan fingerprint density at radius 2 is 1.61 bits per heavy atom. The summed E-state index contributed by atoms with van der Waals surface area (Å²) in [7, 11) is 1.65. The Labute approximate surface area is 169 Å². The normalized spacial score (nSPS) is 13.3. The Hall–Kier alpha value is -2.49. The van der Waals surface area contributed by atoms with Crippen LogP contribution in [0, 0.1) is 5.92 Å². The Morgan fingerprint density at radius 3 is 2.18 bits per heavy atom. The molecule has 0 fully saturated rings. The standard InChI is InChI=1S/C24H33NO3/c1-16(2)15-22(19-11-13-20(27-6)14-12-19)25-24(26)18(5)28-23-10-8-7-9-21(23)17(3)4/h7-14,16-18,22H,15H2,1-6H3,(H,25,26). The van der Waals surface area contributed by atoms with Gasteiger partial charge in [0.2, 0.25) is 0 Å². The smallest absolute Gasteiger partial charge is 0.261 e. The second-order valence-electron chi connectivity index (χ2n) is 7.92. The molecule has 2 rings (SSSR count). The van der Waals surface area contributed by atoms with Crippen LogP contribution in [0.1, 0.15) is 64.1 Å². The summed E-state index contributed by atoms with van der Waals surface area (Å²) in [6.45, 7) is 10.3. The zero-order chi connectivity index (χ0) is 20.7. The molecule has 2 unspecified atom stereocenters. The number of methoxy groups -OCH3 is 1. The molecule has 152 valence electrons. The van der Waals surface area contributed by atoms with E-state index in [1.165, 1.54) is 0 Å². The van der Waals surface area contributed by atoms with E-state index >= 15 is 0 Å². The number of hydrogen-bond donors (Lipinski definition) is 1. The molecule has 0 radical (unpaired) electrons. The lowest BCUT2D eigenvalue weighted by Gasteiger charge is -2.24. The molecule has 0 saturated carbocycles. The Morgan fingerprint density at radius 1 is 0.964 bits per heavy atom. The van der Waals surface area contributed by atoms with Crippen molar-refractivity contribution in [3.05, 3.63) is 59.7 Å². The van der Waals surface area contributed by atoms with Gasteiger partial charge in [0.1, 0.15) is 11.5 Å². The van der Waals surface area contributed by atoms with E-state index in [9.17, 15) is 4.79 Å². The molecule has 0 spiro atoms. The van der Waals surface area contributed by atoms with Crippen LogP contribution in [0.3, 0.4) is 0 Å². The van der Waals surface area contributed by atoms with Gasteiger partial charge in [0.25, 0.3) is 5.91 Å². The molecule has 2 atom stereocenters. The molecule has 28 heavy (non-hydrogen) atoms. The fourth-order valence-corrected chi connectivity index (χ4v) is 3.18. The highest BCUT2D eigenvalue weighted by molar-refractivity contribution is 5.81. The second-order valence-corrected chi connectivity index (χ2v) is 7.92. The third-order valence-electron chi connectivity index (χ3n) is 4.76. The summed E-state index contributed by atoms with van der Waals surface area (Å²) in [5, 5.41) is 3.17. The number of ether oxygens (including phenoxy) is 2. The van der Waals surface area contributed by atoms with Crippen molar-refractivity contribution in [2.75, 3.05) is 7.11 Å². The van der Waals surface area contributed by atoms with Gasteiger partial charge in [-0.2, -0.15) is 0 Å². The number of rotatable bonds is 9. The van der Waals surface area contributed by atoms with E-state index < -0.39 is 6.10 Å². The van der Waals surface area contributed by atoms with Crippen molar-refractivity contribution in [1.82, 2.24) is 5.32 Å². The molecule has 2 aromatic carbocycles. The molecular formula is C24H33NO3. The second kappa shape index (κ2) is 10.2. The number of nitrogens with one attached hydrogen (secondary N) is 1. The Bertz CT molecular complexity index is 753. The highest BCUT2D eigenvalue weighted by atomic mass is 16.5. The lowest BCUT2D eigenvalue weighted by molar-refractivity contribution is -0.128. The molecule has 0 aromatic heterocycles. The first-order valence-electron chi connectivity index (χ1n) is 10.0. The van der Waals surface area contributed by atoms with Crippen molar-refractivity contribution >= 4 is 5.91 Å². The maximum atomic E-state index is 12.9. The predicted octanol–water partition coefficient (Wildman–Crippen LogP) is 5.49. The summed E-state index contributed by atoms with van der Waals surface area (Å²) in [6.07, 6.45) is 0.278. The van der Waals surface area contributed by atoms with Crippen molar-refractivity contribution in [3.8, 4) is 11.5 Å². The van der Waals surface area contributed by atoms with Crippen LogP contribution in [0.2, 0.25) is 0 Å². The summed E-state index contributed by atoms with van der Waals surface area (Å²) in [4.78, 5) is 12.9. The third kappa shape index (κ3) is 6.01. The topological polar surface area (TPSA) is 47.6 Å². The van der Waals surface area contributed by atoms with Gasteiger partial charge in [-0.05, 0) is 54.5 Å². The summed E-state index contributed by atoms with van der Waals surface area (Å²) >= 11 is 0. The summed E-state index contributed by atoms with van der Waals surface area (Å²) < 4.78 is 11.3. The number of amides is 1. The molecule has 1 amide bonds. The van der Waals surface area contributed by atoms with E-state index in [2.05, 4.69) is 33.0 Å². The summed E-state index contributed by atoms with van der Waals surface area (Å²) in [6, 6.07) is 15.7. The average molecular weight is 384 g/mol. The van der Waals surface area contributed by atoms with E-state index in [1.807, 2.05) is 48.5 Å². The molecule has 2 aromatic rings. The molecule has 0 heterocycles. The quantitative estimate of drug-likeness (QED) is 0.623. The molecule has 1 N–H and O–H groups in total. The van der Waals surface area contributed by atoms with Crippen molar-refractivity contribution in [1.29, 1.82) is 0 Å². The molecule has 4 nitrogen and oxygen atoms in total. The van der Waals surface area contributed by atoms with Crippen LogP contribution < -0.4 is 14.8 Å². The lowest BCUT2D eigenvalue weighted by Crippen LogP contribution is -2.39.